The van der Waals surface area contributed by atoms with Crippen molar-refractivity contribution in [1.82, 2.24) is 9.29 Å². The van der Waals surface area contributed by atoms with Crippen molar-refractivity contribution < 1.29 is 13.5 Å². The van der Waals surface area contributed by atoms with Crippen molar-refractivity contribution in [2.75, 3.05) is 6.54 Å². The van der Waals surface area contributed by atoms with Crippen LogP contribution in [0.4, 0.5) is 0 Å². The van der Waals surface area contributed by atoms with Crippen LogP contribution in [0.3, 0.4) is 0 Å². The molecule has 27 heavy (non-hydrogen) atoms. The highest BCUT2D eigenvalue weighted by Crippen LogP contribution is 2.26. The number of hydrogen-bond donors (Lipinski definition) is 2. The van der Waals surface area contributed by atoms with Gasteiger partial charge in [-0.25, -0.2) is 13.1 Å². The van der Waals surface area contributed by atoms with E-state index in [9.17, 15) is 13.5 Å². The molecule has 2 aromatic carbocycles. The van der Waals surface area contributed by atoms with Crippen molar-refractivity contribution in [2.45, 2.75) is 38.7 Å². The number of nitrogens with zero attached hydrogens (tertiary/aromatic N) is 1. The molecule has 0 bridgehead atoms. The Morgan fingerprint density at radius 3 is 2.30 bits per heavy atom. The quantitative estimate of drug-likeness (QED) is 0.706. The molecule has 0 spiro atoms. The summed E-state index contributed by atoms with van der Waals surface area (Å²) in [5, 5.41) is 11.5. The molecule has 0 saturated carbocycles. The summed E-state index contributed by atoms with van der Waals surface area (Å²) in [6.07, 6.45) is 1.03. The highest BCUT2D eigenvalue weighted by atomic mass is 32.2. The van der Waals surface area contributed by atoms with Crippen LogP contribution in [0.25, 0.3) is 10.9 Å². The molecule has 1 heterocycles. The van der Waals surface area contributed by atoms with E-state index >= 15 is 0 Å². The van der Waals surface area contributed by atoms with Gasteiger partial charge >= 0.3 is 0 Å². The van der Waals surface area contributed by atoms with Crippen LogP contribution in [0.1, 0.15) is 33.9 Å². The Bertz CT molecular complexity index is 1090. The van der Waals surface area contributed by atoms with Gasteiger partial charge in [-0.2, -0.15) is 0 Å². The van der Waals surface area contributed by atoms with Crippen LogP contribution in [-0.4, -0.2) is 24.6 Å². The van der Waals surface area contributed by atoms with E-state index < -0.39 is 16.1 Å². The van der Waals surface area contributed by atoms with E-state index in [1.54, 1.807) is 0 Å². The summed E-state index contributed by atoms with van der Waals surface area (Å²) in [4.78, 5) is 0.311. The summed E-state index contributed by atoms with van der Waals surface area (Å²) < 4.78 is 30.4. The maximum Gasteiger partial charge on any atom is 0.241 e. The highest BCUT2D eigenvalue weighted by molar-refractivity contribution is 7.89. The molecule has 0 aliphatic rings. The summed E-state index contributed by atoms with van der Waals surface area (Å²) in [6.45, 7) is 7.37. The lowest BCUT2D eigenvalue weighted by Crippen LogP contribution is -2.30. The molecule has 0 amide bonds. The Labute approximate surface area is 160 Å². The molecular weight excluding hydrogens is 360 g/mol. The fraction of sp³-hybridized carbons (Fsp3) is 0.333. The standard InChI is InChI=1S/C21H26N2O3S/c1-13-10-14(2)16(4)21(15(13)3)27(25,26)22-12-20(24)18-6-7-19-17(11-18)8-9-23(19)5/h6-11,20,22,24H,12H2,1-5H3. The molecule has 1 atom stereocenters. The largest absolute Gasteiger partial charge is 0.387 e. The minimum absolute atomic E-state index is 0.0768. The van der Waals surface area contributed by atoms with Crippen LogP contribution >= 0.6 is 0 Å². The smallest absolute Gasteiger partial charge is 0.241 e. The number of aromatic nitrogens is 1. The summed E-state index contributed by atoms with van der Waals surface area (Å²) >= 11 is 0. The third-order valence-electron chi connectivity index (χ3n) is 5.33. The summed E-state index contributed by atoms with van der Waals surface area (Å²) in [5.74, 6) is 0. The zero-order valence-electron chi connectivity index (χ0n) is 16.4. The van der Waals surface area contributed by atoms with Gasteiger partial charge in [-0.1, -0.05) is 12.1 Å². The van der Waals surface area contributed by atoms with Gasteiger partial charge in [0.15, 0.2) is 0 Å². The van der Waals surface area contributed by atoms with Crippen molar-refractivity contribution in [3.8, 4) is 0 Å². The van der Waals surface area contributed by atoms with Crippen LogP contribution in [0, 0.1) is 27.7 Å². The van der Waals surface area contributed by atoms with E-state index in [-0.39, 0.29) is 6.54 Å². The number of rotatable bonds is 5. The normalized spacial score (nSPS) is 13.3. The minimum atomic E-state index is -3.72. The lowest BCUT2D eigenvalue weighted by molar-refractivity contribution is 0.182. The Balaban J connectivity index is 1.84. The van der Waals surface area contributed by atoms with Gasteiger partial charge in [-0.05, 0) is 79.1 Å². The number of benzene rings is 2. The van der Waals surface area contributed by atoms with Gasteiger partial charge in [0.25, 0.3) is 0 Å². The fourth-order valence-electron chi connectivity index (χ4n) is 3.47. The van der Waals surface area contributed by atoms with Crippen LogP contribution in [-0.2, 0) is 17.1 Å². The number of aryl methyl sites for hydroxylation is 3. The number of hydrogen-bond acceptors (Lipinski definition) is 3. The molecule has 2 N–H and O–H groups in total. The molecule has 1 unspecified atom stereocenters. The lowest BCUT2D eigenvalue weighted by Gasteiger charge is -2.18. The van der Waals surface area contributed by atoms with E-state index in [1.165, 1.54) is 0 Å². The van der Waals surface area contributed by atoms with E-state index in [0.29, 0.717) is 10.5 Å². The minimum Gasteiger partial charge on any atom is -0.387 e. The summed E-state index contributed by atoms with van der Waals surface area (Å²) in [5.41, 5.74) is 5.11. The Kier molecular flexibility index (Phi) is 5.16. The molecule has 3 rings (SSSR count). The third kappa shape index (κ3) is 3.65. The molecule has 3 aromatic rings. The monoisotopic (exact) mass is 386 g/mol. The number of fused-ring (bicyclic) bond motifs is 1. The first-order valence-corrected chi connectivity index (χ1v) is 10.4. The molecule has 0 fully saturated rings. The van der Waals surface area contributed by atoms with Crippen molar-refractivity contribution in [3.05, 3.63) is 64.3 Å². The maximum atomic E-state index is 12.9. The summed E-state index contributed by atoms with van der Waals surface area (Å²) in [6, 6.07) is 9.61. The first kappa shape index (κ1) is 19.6. The van der Waals surface area contributed by atoms with E-state index in [4.69, 9.17) is 0 Å². The van der Waals surface area contributed by atoms with E-state index in [0.717, 1.165) is 33.2 Å². The van der Waals surface area contributed by atoms with Gasteiger partial charge in [0.1, 0.15) is 0 Å². The number of aliphatic hydroxyl groups excluding tert-OH is 1. The molecule has 0 saturated heterocycles. The van der Waals surface area contributed by atoms with Gasteiger partial charge in [-0.3, -0.25) is 0 Å². The van der Waals surface area contributed by atoms with Crippen molar-refractivity contribution in [1.29, 1.82) is 0 Å². The number of aliphatic hydroxyl groups is 1. The Hall–Kier alpha value is -2.15. The van der Waals surface area contributed by atoms with Crippen molar-refractivity contribution >= 4 is 20.9 Å². The topological polar surface area (TPSA) is 71.3 Å². The second-order valence-electron chi connectivity index (χ2n) is 7.20. The predicted molar refractivity (Wildman–Crippen MR) is 108 cm³/mol. The number of sulfonamides is 1. The predicted octanol–water partition coefficient (Wildman–Crippen LogP) is 3.42. The van der Waals surface area contributed by atoms with Gasteiger partial charge in [0.05, 0.1) is 11.0 Å². The molecule has 6 heteroatoms. The first-order chi connectivity index (χ1) is 12.6. The molecule has 144 valence electrons. The van der Waals surface area contributed by atoms with Gasteiger partial charge in [-0.15, -0.1) is 0 Å². The lowest BCUT2D eigenvalue weighted by atomic mass is 10.0. The van der Waals surface area contributed by atoms with Gasteiger partial charge in [0, 0.05) is 25.3 Å². The van der Waals surface area contributed by atoms with Crippen LogP contribution in [0.2, 0.25) is 0 Å². The zero-order valence-corrected chi connectivity index (χ0v) is 17.2. The average Bonchev–Trinajstić information content (AvgIpc) is 2.98. The fourth-order valence-corrected chi connectivity index (χ4v) is 5.12. The molecule has 0 aliphatic carbocycles. The average molecular weight is 387 g/mol. The Morgan fingerprint density at radius 1 is 1.04 bits per heavy atom. The van der Waals surface area contributed by atoms with Crippen molar-refractivity contribution in [3.63, 3.8) is 0 Å². The molecule has 1 aromatic heterocycles. The second-order valence-corrected chi connectivity index (χ2v) is 8.91. The van der Waals surface area contributed by atoms with E-state index in [2.05, 4.69) is 4.72 Å². The number of nitrogens with one attached hydrogen (secondary N) is 1. The van der Waals surface area contributed by atoms with Crippen molar-refractivity contribution in [2.24, 2.45) is 7.05 Å². The molecule has 0 aliphatic heterocycles. The second kappa shape index (κ2) is 7.11. The van der Waals surface area contributed by atoms with E-state index in [1.807, 2.05) is 75.8 Å². The molecular formula is C21H26N2O3S. The Morgan fingerprint density at radius 2 is 1.67 bits per heavy atom. The maximum absolute atomic E-state index is 12.9. The van der Waals surface area contributed by atoms with Crippen LogP contribution in [0.5, 0.6) is 0 Å². The van der Waals surface area contributed by atoms with Gasteiger partial charge < -0.3 is 9.67 Å². The van der Waals surface area contributed by atoms with Gasteiger partial charge in [0.2, 0.25) is 10.0 Å². The van der Waals surface area contributed by atoms with Crippen LogP contribution in [0.15, 0.2) is 41.4 Å². The van der Waals surface area contributed by atoms with Crippen LogP contribution < -0.4 is 4.72 Å². The SMILES string of the molecule is Cc1cc(C)c(C)c(S(=O)(=O)NCC(O)c2ccc3c(ccn3C)c2)c1C. The molecule has 5 nitrogen and oxygen atoms in total. The third-order valence-corrected chi connectivity index (χ3v) is 7.02. The molecule has 0 radical (unpaired) electrons. The zero-order chi connectivity index (χ0) is 19.9. The summed E-state index contributed by atoms with van der Waals surface area (Å²) in [7, 11) is -1.76. The first-order valence-electron chi connectivity index (χ1n) is 8.92. The highest BCUT2D eigenvalue weighted by Gasteiger charge is 2.23.